The Labute approximate surface area is 85.8 Å². The largest absolute Gasteiger partial charge is 0.342 e. The fraction of sp³-hybridized carbons (Fsp3) is 0.909. The van der Waals surface area contributed by atoms with Crippen molar-refractivity contribution < 1.29 is 4.79 Å². The fourth-order valence-electron chi connectivity index (χ4n) is 2.42. The molecule has 0 aliphatic carbocycles. The Balaban J connectivity index is 1.92. The lowest BCUT2D eigenvalue weighted by molar-refractivity contribution is -0.134. The van der Waals surface area contributed by atoms with Crippen LogP contribution in [-0.2, 0) is 4.79 Å². The van der Waals surface area contributed by atoms with E-state index in [1.165, 1.54) is 0 Å². The molecular weight excluding hydrogens is 176 g/mol. The second-order valence-corrected chi connectivity index (χ2v) is 5.36. The van der Waals surface area contributed by atoms with E-state index in [9.17, 15) is 4.79 Å². The summed E-state index contributed by atoms with van der Waals surface area (Å²) in [7, 11) is 0. The summed E-state index contributed by atoms with van der Waals surface area (Å²) >= 11 is 0. The molecule has 80 valence electrons. The zero-order valence-electron chi connectivity index (χ0n) is 9.18. The standard InChI is InChI=1S/C11H20N2O/c1-11(2)4-6-13(8-11)10(14)9-3-5-12-7-9/h9,12H,3-8H2,1-2H3. The van der Waals surface area contributed by atoms with Crippen molar-refractivity contribution in [3.05, 3.63) is 0 Å². The maximum Gasteiger partial charge on any atom is 0.227 e. The fourth-order valence-corrected chi connectivity index (χ4v) is 2.42. The second-order valence-electron chi connectivity index (χ2n) is 5.36. The predicted octanol–water partition coefficient (Wildman–Crippen LogP) is 0.854. The van der Waals surface area contributed by atoms with E-state index in [4.69, 9.17) is 0 Å². The number of rotatable bonds is 1. The summed E-state index contributed by atoms with van der Waals surface area (Å²) in [6.07, 6.45) is 2.18. The molecule has 2 aliphatic heterocycles. The van der Waals surface area contributed by atoms with Crippen molar-refractivity contribution in [2.75, 3.05) is 26.2 Å². The molecule has 14 heavy (non-hydrogen) atoms. The molecule has 0 aromatic rings. The lowest BCUT2D eigenvalue weighted by atomic mass is 9.93. The molecule has 0 aromatic heterocycles. The number of nitrogens with one attached hydrogen (secondary N) is 1. The predicted molar refractivity (Wildman–Crippen MR) is 56.0 cm³/mol. The van der Waals surface area contributed by atoms with E-state index in [-0.39, 0.29) is 5.92 Å². The first-order valence-electron chi connectivity index (χ1n) is 5.58. The molecule has 2 aliphatic rings. The van der Waals surface area contributed by atoms with E-state index in [0.717, 1.165) is 39.0 Å². The summed E-state index contributed by atoms with van der Waals surface area (Å²) in [5, 5.41) is 3.25. The quantitative estimate of drug-likeness (QED) is 0.674. The summed E-state index contributed by atoms with van der Waals surface area (Å²) in [4.78, 5) is 14.1. The Morgan fingerprint density at radius 2 is 2.29 bits per heavy atom. The molecule has 2 saturated heterocycles. The van der Waals surface area contributed by atoms with Gasteiger partial charge >= 0.3 is 0 Å². The molecular formula is C11H20N2O. The summed E-state index contributed by atoms with van der Waals surface area (Å²) in [5.41, 5.74) is 0.335. The minimum atomic E-state index is 0.254. The molecule has 0 saturated carbocycles. The van der Waals surface area contributed by atoms with Gasteiger partial charge in [-0.25, -0.2) is 0 Å². The molecule has 3 heteroatoms. The van der Waals surface area contributed by atoms with Crippen molar-refractivity contribution in [2.45, 2.75) is 26.7 Å². The van der Waals surface area contributed by atoms with Gasteiger partial charge < -0.3 is 10.2 Å². The third-order valence-corrected chi connectivity index (χ3v) is 3.40. The highest BCUT2D eigenvalue weighted by Crippen LogP contribution is 2.30. The SMILES string of the molecule is CC1(C)CCN(C(=O)C2CCNC2)C1. The minimum absolute atomic E-state index is 0.254. The summed E-state index contributed by atoms with van der Waals surface area (Å²) in [6, 6.07) is 0. The van der Waals surface area contributed by atoms with Crippen LogP contribution in [0.15, 0.2) is 0 Å². The maximum absolute atomic E-state index is 12.0. The van der Waals surface area contributed by atoms with Gasteiger partial charge in [0.25, 0.3) is 0 Å². The van der Waals surface area contributed by atoms with Gasteiger partial charge in [-0.15, -0.1) is 0 Å². The third kappa shape index (κ3) is 1.92. The van der Waals surface area contributed by atoms with Crippen LogP contribution in [0.3, 0.4) is 0 Å². The van der Waals surface area contributed by atoms with E-state index < -0.39 is 0 Å². The molecule has 2 fully saturated rings. The van der Waals surface area contributed by atoms with Crippen LogP contribution in [0.5, 0.6) is 0 Å². The average Bonchev–Trinajstić information content (AvgIpc) is 2.72. The zero-order chi connectivity index (χ0) is 10.2. The first-order valence-corrected chi connectivity index (χ1v) is 5.58. The van der Waals surface area contributed by atoms with Crippen LogP contribution in [0, 0.1) is 11.3 Å². The molecule has 1 unspecified atom stereocenters. The van der Waals surface area contributed by atoms with Crippen LogP contribution in [0.4, 0.5) is 0 Å². The Morgan fingerprint density at radius 1 is 1.50 bits per heavy atom. The lowest BCUT2D eigenvalue weighted by Gasteiger charge is -2.22. The van der Waals surface area contributed by atoms with E-state index in [0.29, 0.717) is 11.3 Å². The molecule has 0 aromatic carbocycles. The Hall–Kier alpha value is -0.570. The number of carbonyl (C=O) groups excluding carboxylic acids is 1. The van der Waals surface area contributed by atoms with E-state index in [1.54, 1.807) is 0 Å². The van der Waals surface area contributed by atoms with Gasteiger partial charge in [-0.3, -0.25) is 4.79 Å². The van der Waals surface area contributed by atoms with E-state index in [2.05, 4.69) is 24.1 Å². The average molecular weight is 196 g/mol. The van der Waals surface area contributed by atoms with Gasteiger partial charge in [-0.2, -0.15) is 0 Å². The Morgan fingerprint density at radius 3 is 2.79 bits per heavy atom. The maximum atomic E-state index is 12.0. The number of hydrogen-bond donors (Lipinski definition) is 1. The van der Waals surface area contributed by atoms with Crippen molar-refractivity contribution in [3.63, 3.8) is 0 Å². The van der Waals surface area contributed by atoms with Gasteiger partial charge in [0.2, 0.25) is 5.91 Å². The molecule has 0 bridgehead atoms. The Bertz CT molecular complexity index is 231. The van der Waals surface area contributed by atoms with Gasteiger partial charge in [-0.1, -0.05) is 13.8 Å². The molecule has 2 rings (SSSR count). The van der Waals surface area contributed by atoms with Crippen LogP contribution in [0.25, 0.3) is 0 Å². The van der Waals surface area contributed by atoms with Crippen LogP contribution < -0.4 is 5.32 Å². The zero-order valence-corrected chi connectivity index (χ0v) is 9.18. The van der Waals surface area contributed by atoms with Crippen LogP contribution in [0.1, 0.15) is 26.7 Å². The highest BCUT2D eigenvalue weighted by atomic mass is 16.2. The normalized spacial score (nSPS) is 31.0. The molecule has 3 nitrogen and oxygen atoms in total. The topological polar surface area (TPSA) is 32.3 Å². The van der Waals surface area contributed by atoms with E-state index >= 15 is 0 Å². The highest BCUT2D eigenvalue weighted by molar-refractivity contribution is 5.79. The van der Waals surface area contributed by atoms with Crippen molar-refractivity contribution in [1.82, 2.24) is 10.2 Å². The van der Waals surface area contributed by atoms with Crippen molar-refractivity contribution in [3.8, 4) is 0 Å². The van der Waals surface area contributed by atoms with Gasteiger partial charge in [0.1, 0.15) is 0 Å². The second kappa shape index (κ2) is 3.54. The van der Waals surface area contributed by atoms with Gasteiger partial charge in [0.15, 0.2) is 0 Å². The Kier molecular flexibility index (Phi) is 2.52. The number of carbonyl (C=O) groups is 1. The first-order chi connectivity index (χ1) is 6.58. The smallest absolute Gasteiger partial charge is 0.227 e. The van der Waals surface area contributed by atoms with Crippen molar-refractivity contribution in [2.24, 2.45) is 11.3 Å². The van der Waals surface area contributed by atoms with Crippen LogP contribution in [-0.4, -0.2) is 37.0 Å². The molecule has 1 N–H and O–H groups in total. The van der Waals surface area contributed by atoms with E-state index in [1.807, 2.05) is 0 Å². The summed E-state index contributed by atoms with van der Waals surface area (Å²) < 4.78 is 0. The van der Waals surface area contributed by atoms with Crippen molar-refractivity contribution in [1.29, 1.82) is 0 Å². The number of amides is 1. The monoisotopic (exact) mass is 196 g/mol. The molecule has 1 atom stereocenters. The van der Waals surface area contributed by atoms with Crippen molar-refractivity contribution >= 4 is 5.91 Å². The molecule has 0 radical (unpaired) electrons. The van der Waals surface area contributed by atoms with Gasteiger partial charge in [-0.05, 0) is 24.8 Å². The first kappa shape index (κ1) is 9.97. The molecule has 0 spiro atoms. The summed E-state index contributed by atoms with van der Waals surface area (Å²) in [5.74, 6) is 0.629. The van der Waals surface area contributed by atoms with Crippen LogP contribution >= 0.6 is 0 Å². The van der Waals surface area contributed by atoms with Gasteiger partial charge in [0.05, 0.1) is 5.92 Å². The summed E-state index contributed by atoms with van der Waals surface area (Å²) in [6.45, 7) is 8.29. The lowest BCUT2D eigenvalue weighted by Crippen LogP contribution is -2.36. The highest BCUT2D eigenvalue weighted by Gasteiger charge is 2.35. The minimum Gasteiger partial charge on any atom is -0.342 e. The number of likely N-dealkylation sites (tertiary alicyclic amines) is 1. The molecule has 1 amide bonds. The number of nitrogens with zero attached hydrogens (tertiary/aromatic N) is 1. The third-order valence-electron chi connectivity index (χ3n) is 3.40. The van der Waals surface area contributed by atoms with Crippen LogP contribution in [0.2, 0.25) is 0 Å². The molecule has 2 heterocycles. The number of hydrogen-bond acceptors (Lipinski definition) is 2. The van der Waals surface area contributed by atoms with Gasteiger partial charge in [0, 0.05) is 19.6 Å².